The van der Waals surface area contributed by atoms with Crippen LogP contribution in [-0.2, 0) is 0 Å². The fourth-order valence-electron chi connectivity index (χ4n) is 2.96. The Hall–Kier alpha value is -0.0800. The van der Waals surface area contributed by atoms with Crippen molar-refractivity contribution < 1.29 is 0 Å². The van der Waals surface area contributed by atoms with E-state index in [2.05, 4.69) is 51.3 Å². The van der Waals surface area contributed by atoms with Gasteiger partial charge >= 0.3 is 0 Å². The van der Waals surface area contributed by atoms with Crippen molar-refractivity contribution in [3.05, 3.63) is 0 Å². The Morgan fingerprint density at radius 2 is 1.65 bits per heavy atom. The molecule has 0 radical (unpaired) electrons. The first kappa shape index (κ1) is 15.0. The smallest absolute Gasteiger partial charge is 0.0198 e. The number of nitrogens with zero attached hydrogens (tertiary/aromatic N) is 2. The van der Waals surface area contributed by atoms with Crippen molar-refractivity contribution in [2.24, 2.45) is 5.92 Å². The molecule has 0 aromatic rings. The predicted octanol–water partition coefficient (Wildman–Crippen LogP) is 3.23. The Labute approximate surface area is 108 Å². The topological polar surface area (TPSA) is 6.48 Å². The summed E-state index contributed by atoms with van der Waals surface area (Å²) in [6.07, 6.45) is 2.72. The lowest BCUT2D eigenvalue weighted by Crippen LogP contribution is -2.58. The molecule has 2 heteroatoms. The van der Waals surface area contributed by atoms with E-state index >= 15 is 0 Å². The first-order valence-corrected chi connectivity index (χ1v) is 7.41. The molecule has 1 fully saturated rings. The lowest BCUT2D eigenvalue weighted by atomic mass is 10.0. The first-order valence-electron chi connectivity index (χ1n) is 7.41. The molecule has 102 valence electrons. The molecule has 1 saturated heterocycles. The minimum atomic E-state index is 0.685. The second-order valence-corrected chi connectivity index (χ2v) is 6.52. The summed E-state index contributed by atoms with van der Waals surface area (Å²) in [5.74, 6) is 0.847. The lowest BCUT2D eigenvalue weighted by molar-refractivity contribution is 0.0227. The van der Waals surface area contributed by atoms with Gasteiger partial charge in [0.2, 0.25) is 0 Å². The number of piperazine rings is 1. The molecule has 2 atom stereocenters. The average molecular weight is 240 g/mol. The Kier molecular flexibility index (Phi) is 5.94. The highest BCUT2D eigenvalue weighted by Gasteiger charge is 2.29. The zero-order valence-corrected chi connectivity index (χ0v) is 12.7. The molecule has 17 heavy (non-hydrogen) atoms. The summed E-state index contributed by atoms with van der Waals surface area (Å²) in [5.41, 5.74) is 0. The van der Waals surface area contributed by atoms with Crippen LogP contribution in [0.4, 0.5) is 0 Å². The average Bonchev–Trinajstić information content (AvgIpc) is 2.21. The summed E-state index contributed by atoms with van der Waals surface area (Å²) in [6, 6.07) is 2.12. The van der Waals surface area contributed by atoms with Crippen LogP contribution < -0.4 is 0 Å². The summed E-state index contributed by atoms with van der Waals surface area (Å²) in [5, 5.41) is 0. The Bertz CT molecular complexity index is 213. The van der Waals surface area contributed by atoms with Gasteiger partial charge in [0.05, 0.1) is 0 Å². The third kappa shape index (κ3) is 4.59. The second kappa shape index (κ2) is 6.75. The molecule has 0 amide bonds. The van der Waals surface area contributed by atoms with E-state index in [1.807, 2.05) is 0 Å². The van der Waals surface area contributed by atoms with E-state index in [4.69, 9.17) is 0 Å². The summed E-state index contributed by atoms with van der Waals surface area (Å²) in [4.78, 5) is 5.33. The quantitative estimate of drug-likeness (QED) is 0.728. The summed E-state index contributed by atoms with van der Waals surface area (Å²) >= 11 is 0. The largest absolute Gasteiger partial charge is 0.298 e. The molecule has 0 bridgehead atoms. The van der Waals surface area contributed by atoms with E-state index in [1.165, 1.54) is 32.5 Å². The Balaban J connectivity index is 2.38. The van der Waals surface area contributed by atoms with E-state index in [9.17, 15) is 0 Å². The van der Waals surface area contributed by atoms with Crippen LogP contribution in [0.5, 0.6) is 0 Å². The van der Waals surface area contributed by atoms with Crippen LogP contribution in [0.1, 0.15) is 54.4 Å². The first-order chi connectivity index (χ1) is 7.91. The van der Waals surface area contributed by atoms with Crippen LogP contribution in [0.15, 0.2) is 0 Å². The van der Waals surface area contributed by atoms with Crippen LogP contribution in [0.2, 0.25) is 0 Å². The molecule has 1 rings (SSSR count). The Morgan fingerprint density at radius 1 is 1.00 bits per heavy atom. The maximum Gasteiger partial charge on any atom is 0.0198 e. The third-order valence-electron chi connectivity index (χ3n) is 4.05. The zero-order valence-electron chi connectivity index (χ0n) is 12.7. The van der Waals surface area contributed by atoms with E-state index in [1.54, 1.807) is 0 Å². The van der Waals surface area contributed by atoms with Crippen molar-refractivity contribution in [3.63, 3.8) is 0 Å². The van der Waals surface area contributed by atoms with Gasteiger partial charge in [-0.3, -0.25) is 9.80 Å². The van der Waals surface area contributed by atoms with Gasteiger partial charge in [0, 0.05) is 31.2 Å². The van der Waals surface area contributed by atoms with Crippen molar-refractivity contribution in [2.45, 2.75) is 72.5 Å². The molecule has 0 unspecified atom stereocenters. The van der Waals surface area contributed by atoms with Crippen molar-refractivity contribution >= 4 is 0 Å². The molecule has 0 N–H and O–H groups in total. The maximum absolute atomic E-state index is 2.69. The summed E-state index contributed by atoms with van der Waals surface area (Å²) in [7, 11) is 0. The molecular formula is C15H32N2. The Morgan fingerprint density at radius 3 is 2.18 bits per heavy atom. The third-order valence-corrected chi connectivity index (χ3v) is 4.05. The van der Waals surface area contributed by atoms with Crippen molar-refractivity contribution in [1.29, 1.82) is 0 Å². The van der Waals surface area contributed by atoms with Gasteiger partial charge < -0.3 is 0 Å². The maximum atomic E-state index is 2.69. The van der Waals surface area contributed by atoms with Gasteiger partial charge in [0.25, 0.3) is 0 Å². The molecule has 0 aromatic heterocycles. The minimum Gasteiger partial charge on any atom is -0.298 e. The van der Waals surface area contributed by atoms with Gasteiger partial charge in [-0.15, -0.1) is 0 Å². The minimum absolute atomic E-state index is 0.685. The number of rotatable bonds is 5. The van der Waals surface area contributed by atoms with Crippen molar-refractivity contribution in [1.82, 2.24) is 9.80 Å². The summed E-state index contributed by atoms with van der Waals surface area (Å²) < 4.78 is 0. The fraction of sp³-hybridized carbons (Fsp3) is 1.00. The monoisotopic (exact) mass is 240 g/mol. The fourth-order valence-corrected chi connectivity index (χ4v) is 2.96. The van der Waals surface area contributed by atoms with E-state index in [0.29, 0.717) is 12.1 Å². The normalized spacial score (nSPS) is 28.2. The predicted molar refractivity (Wildman–Crippen MR) is 76.4 cm³/mol. The van der Waals surface area contributed by atoms with Crippen LogP contribution in [0.25, 0.3) is 0 Å². The lowest BCUT2D eigenvalue weighted by Gasteiger charge is -2.46. The van der Waals surface area contributed by atoms with Gasteiger partial charge in [-0.05, 0) is 53.0 Å². The highest BCUT2D eigenvalue weighted by atomic mass is 15.3. The van der Waals surface area contributed by atoms with Gasteiger partial charge in [-0.1, -0.05) is 13.8 Å². The second-order valence-electron chi connectivity index (χ2n) is 6.52. The van der Waals surface area contributed by atoms with Crippen LogP contribution in [0, 0.1) is 5.92 Å². The standard InChI is InChI=1S/C15H32N2/c1-12(2)8-7-9-16-10-15(6)17(13(3)4)11-14(16)5/h12-15H,7-11H2,1-6H3/t14-,15+/m0/s1. The molecule has 2 nitrogen and oxygen atoms in total. The van der Waals surface area contributed by atoms with Crippen molar-refractivity contribution in [3.8, 4) is 0 Å². The van der Waals surface area contributed by atoms with E-state index in [-0.39, 0.29) is 0 Å². The molecule has 0 aromatic carbocycles. The van der Waals surface area contributed by atoms with E-state index < -0.39 is 0 Å². The van der Waals surface area contributed by atoms with Crippen LogP contribution >= 0.6 is 0 Å². The van der Waals surface area contributed by atoms with Gasteiger partial charge in [-0.25, -0.2) is 0 Å². The van der Waals surface area contributed by atoms with Gasteiger partial charge in [-0.2, -0.15) is 0 Å². The highest BCUT2D eigenvalue weighted by Crippen LogP contribution is 2.18. The molecule has 0 spiro atoms. The molecule has 0 aliphatic carbocycles. The molecule has 1 aliphatic heterocycles. The number of hydrogen-bond acceptors (Lipinski definition) is 2. The van der Waals surface area contributed by atoms with Crippen LogP contribution in [0.3, 0.4) is 0 Å². The van der Waals surface area contributed by atoms with Gasteiger partial charge in [0.15, 0.2) is 0 Å². The molecular weight excluding hydrogens is 208 g/mol. The summed E-state index contributed by atoms with van der Waals surface area (Å²) in [6.45, 7) is 17.8. The zero-order chi connectivity index (χ0) is 13.0. The highest BCUT2D eigenvalue weighted by molar-refractivity contribution is 4.86. The molecule has 0 saturated carbocycles. The SMILES string of the molecule is CC(C)CCCN1C[C@@H](C)N(C(C)C)C[C@@H]1C. The number of hydrogen-bond donors (Lipinski definition) is 0. The van der Waals surface area contributed by atoms with E-state index in [0.717, 1.165) is 12.0 Å². The molecule has 1 heterocycles. The van der Waals surface area contributed by atoms with Crippen molar-refractivity contribution in [2.75, 3.05) is 19.6 Å². The van der Waals surface area contributed by atoms with Crippen LogP contribution in [-0.4, -0.2) is 47.6 Å². The van der Waals surface area contributed by atoms with Gasteiger partial charge in [0.1, 0.15) is 0 Å². The molecule has 1 aliphatic rings.